The van der Waals surface area contributed by atoms with Crippen molar-refractivity contribution in [1.29, 1.82) is 0 Å². The highest BCUT2D eigenvalue weighted by atomic mass is 35.5. The third-order valence-electron chi connectivity index (χ3n) is 4.66. The molecule has 3 nitrogen and oxygen atoms in total. The van der Waals surface area contributed by atoms with Crippen molar-refractivity contribution in [2.75, 3.05) is 26.2 Å². The molecule has 116 valence electrons. The standard InChI is InChI=1S/C16H21FN2O.ClH/c1-11(14-4-2-3-5-15(14)17)6-16(20)19-9-12-7-18-8-13(12)10-19;/h2-5,11-13,18H,6-10H2,1H3;1H/t11?,12-,13+;. The summed E-state index contributed by atoms with van der Waals surface area (Å²) < 4.78 is 13.7. The molecule has 2 aliphatic heterocycles. The molecule has 0 spiro atoms. The van der Waals surface area contributed by atoms with Gasteiger partial charge in [0.2, 0.25) is 5.91 Å². The highest BCUT2D eigenvalue weighted by Crippen LogP contribution is 2.29. The molecular weight excluding hydrogens is 291 g/mol. The molecule has 2 fully saturated rings. The Bertz CT molecular complexity index is 499. The summed E-state index contributed by atoms with van der Waals surface area (Å²) in [4.78, 5) is 14.3. The molecule has 0 radical (unpaired) electrons. The van der Waals surface area contributed by atoms with E-state index in [2.05, 4.69) is 5.32 Å². The van der Waals surface area contributed by atoms with Crippen molar-refractivity contribution in [2.24, 2.45) is 11.8 Å². The van der Waals surface area contributed by atoms with Gasteiger partial charge >= 0.3 is 0 Å². The van der Waals surface area contributed by atoms with Crippen molar-refractivity contribution < 1.29 is 9.18 Å². The smallest absolute Gasteiger partial charge is 0.223 e. The predicted octanol–water partition coefficient (Wildman–Crippen LogP) is 2.42. The first kappa shape index (κ1) is 16.2. The minimum Gasteiger partial charge on any atom is -0.342 e. The lowest BCUT2D eigenvalue weighted by Gasteiger charge is -2.20. The summed E-state index contributed by atoms with van der Waals surface area (Å²) in [5.74, 6) is 1.11. The van der Waals surface area contributed by atoms with Crippen LogP contribution in [-0.2, 0) is 4.79 Å². The summed E-state index contributed by atoms with van der Waals surface area (Å²) in [6, 6.07) is 6.74. The van der Waals surface area contributed by atoms with Crippen molar-refractivity contribution in [1.82, 2.24) is 10.2 Å². The van der Waals surface area contributed by atoms with E-state index in [4.69, 9.17) is 0 Å². The van der Waals surface area contributed by atoms with Crippen LogP contribution in [0.15, 0.2) is 24.3 Å². The topological polar surface area (TPSA) is 32.3 Å². The number of likely N-dealkylation sites (tertiary alicyclic amines) is 1. The first-order valence-corrected chi connectivity index (χ1v) is 7.38. The number of halogens is 2. The third-order valence-corrected chi connectivity index (χ3v) is 4.66. The Morgan fingerprint density at radius 2 is 1.95 bits per heavy atom. The van der Waals surface area contributed by atoms with Crippen LogP contribution in [0.3, 0.4) is 0 Å². The van der Waals surface area contributed by atoms with Crippen molar-refractivity contribution >= 4 is 18.3 Å². The normalized spacial score (nSPS) is 25.3. The lowest BCUT2D eigenvalue weighted by atomic mass is 9.96. The largest absolute Gasteiger partial charge is 0.342 e. The number of hydrogen-bond donors (Lipinski definition) is 1. The second-order valence-corrected chi connectivity index (χ2v) is 6.10. The van der Waals surface area contributed by atoms with E-state index in [1.807, 2.05) is 17.9 Å². The zero-order valence-corrected chi connectivity index (χ0v) is 13.0. The summed E-state index contributed by atoms with van der Waals surface area (Å²) >= 11 is 0. The number of benzene rings is 1. The number of rotatable bonds is 3. The maximum atomic E-state index is 13.7. The summed E-state index contributed by atoms with van der Waals surface area (Å²) in [5, 5.41) is 3.37. The molecule has 3 rings (SSSR count). The molecular formula is C16H22ClFN2O. The minimum atomic E-state index is -0.213. The fourth-order valence-corrected chi connectivity index (χ4v) is 3.43. The Labute approximate surface area is 131 Å². The second kappa shape index (κ2) is 6.75. The van der Waals surface area contributed by atoms with Crippen LogP contribution in [0.4, 0.5) is 4.39 Å². The van der Waals surface area contributed by atoms with E-state index < -0.39 is 0 Å². The van der Waals surface area contributed by atoms with Gasteiger partial charge in [-0.2, -0.15) is 0 Å². The maximum absolute atomic E-state index is 13.7. The summed E-state index contributed by atoms with van der Waals surface area (Å²) in [7, 11) is 0. The molecule has 1 amide bonds. The second-order valence-electron chi connectivity index (χ2n) is 6.10. The first-order valence-electron chi connectivity index (χ1n) is 7.38. The number of amides is 1. The van der Waals surface area contributed by atoms with E-state index in [0.717, 1.165) is 26.2 Å². The van der Waals surface area contributed by atoms with Gasteiger partial charge in [0, 0.05) is 32.6 Å². The van der Waals surface area contributed by atoms with Gasteiger partial charge in [-0.25, -0.2) is 4.39 Å². The average molecular weight is 313 g/mol. The number of carbonyl (C=O) groups excluding carboxylic acids is 1. The number of hydrogen-bond acceptors (Lipinski definition) is 2. The fraction of sp³-hybridized carbons (Fsp3) is 0.562. The molecule has 3 atom stereocenters. The van der Waals surface area contributed by atoms with Gasteiger partial charge in [0.15, 0.2) is 0 Å². The Morgan fingerprint density at radius 3 is 2.57 bits per heavy atom. The molecule has 1 N–H and O–H groups in total. The zero-order chi connectivity index (χ0) is 14.1. The number of nitrogens with one attached hydrogen (secondary N) is 1. The summed E-state index contributed by atoms with van der Waals surface area (Å²) in [5.41, 5.74) is 0.641. The van der Waals surface area contributed by atoms with E-state index in [9.17, 15) is 9.18 Å². The molecule has 0 aliphatic carbocycles. The van der Waals surface area contributed by atoms with Gasteiger partial charge in [-0.05, 0) is 29.4 Å². The monoisotopic (exact) mass is 312 g/mol. The van der Waals surface area contributed by atoms with Gasteiger partial charge in [0.1, 0.15) is 5.82 Å². The number of fused-ring (bicyclic) bond motifs is 1. The molecule has 2 heterocycles. The fourth-order valence-electron chi connectivity index (χ4n) is 3.43. The van der Waals surface area contributed by atoms with E-state index in [1.54, 1.807) is 12.1 Å². The first-order chi connectivity index (χ1) is 9.65. The average Bonchev–Trinajstić information content (AvgIpc) is 2.99. The molecule has 0 bridgehead atoms. The van der Waals surface area contributed by atoms with Crippen molar-refractivity contribution in [3.8, 4) is 0 Å². The molecule has 1 aromatic carbocycles. The lowest BCUT2D eigenvalue weighted by molar-refractivity contribution is -0.130. The Morgan fingerprint density at radius 1 is 1.33 bits per heavy atom. The number of carbonyl (C=O) groups is 1. The highest BCUT2D eigenvalue weighted by Gasteiger charge is 2.38. The molecule has 2 aliphatic rings. The minimum absolute atomic E-state index is 0. The van der Waals surface area contributed by atoms with E-state index in [1.165, 1.54) is 6.07 Å². The quantitative estimate of drug-likeness (QED) is 0.929. The molecule has 1 aromatic rings. The van der Waals surface area contributed by atoms with Crippen LogP contribution in [-0.4, -0.2) is 37.0 Å². The molecule has 0 saturated carbocycles. The van der Waals surface area contributed by atoms with Crippen molar-refractivity contribution in [3.05, 3.63) is 35.6 Å². The SMILES string of the molecule is CC(CC(=O)N1C[C@H]2CNC[C@H]2C1)c1ccccc1F.Cl. The molecule has 0 aromatic heterocycles. The predicted molar refractivity (Wildman–Crippen MR) is 83.1 cm³/mol. The van der Waals surface area contributed by atoms with Crippen LogP contribution in [0, 0.1) is 17.7 Å². The Balaban J connectivity index is 0.00000161. The van der Waals surface area contributed by atoms with Crippen LogP contribution in [0.25, 0.3) is 0 Å². The van der Waals surface area contributed by atoms with Gasteiger partial charge in [0.25, 0.3) is 0 Å². The summed E-state index contributed by atoms with van der Waals surface area (Å²) in [6.07, 6.45) is 0.397. The van der Waals surface area contributed by atoms with Gasteiger partial charge in [0.05, 0.1) is 0 Å². The number of nitrogens with zero attached hydrogens (tertiary/aromatic N) is 1. The van der Waals surface area contributed by atoms with Crippen LogP contribution in [0.2, 0.25) is 0 Å². The van der Waals surface area contributed by atoms with Crippen LogP contribution >= 0.6 is 12.4 Å². The highest BCUT2D eigenvalue weighted by molar-refractivity contribution is 5.85. The van der Waals surface area contributed by atoms with E-state index >= 15 is 0 Å². The van der Waals surface area contributed by atoms with E-state index in [0.29, 0.717) is 23.8 Å². The van der Waals surface area contributed by atoms with Gasteiger partial charge < -0.3 is 10.2 Å². The zero-order valence-electron chi connectivity index (χ0n) is 12.2. The van der Waals surface area contributed by atoms with Crippen LogP contribution in [0.5, 0.6) is 0 Å². The molecule has 21 heavy (non-hydrogen) atoms. The van der Waals surface area contributed by atoms with E-state index in [-0.39, 0.29) is 30.0 Å². The van der Waals surface area contributed by atoms with Crippen LogP contribution in [0.1, 0.15) is 24.8 Å². The molecule has 5 heteroatoms. The lowest BCUT2D eigenvalue weighted by Crippen LogP contribution is -2.32. The van der Waals surface area contributed by atoms with Crippen LogP contribution < -0.4 is 5.32 Å². The van der Waals surface area contributed by atoms with Crippen molar-refractivity contribution in [2.45, 2.75) is 19.3 Å². The maximum Gasteiger partial charge on any atom is 0.223 e. The molecule has 1 unspecified atom stereocenters. The summed E-state index contributed by atoms with van der Waals surface area (Å²) in [6.45, 7) is 5.70. The van der Waals surface area contributed by atoms with Gasteiger partial charge in [-0.3, -0.25) is 4.79 Å². The van der Waals surface area contributed by atoms with Gasteiger partial charge in [-0.1, -0.05) is 25.1 Å². The van der Waals surface area contributed by atoms with Crippen molar-refractivity contribution in [3.63, 3.8) is 0 Å². The third kappa shape index (κ3) is 3.38. The van der Waals surface area contributed by atoms with Gasteiger partial charge in [-0.15, -0.1) is 12.4 Å². The Kier molecular flexibility index (Phi) is 5.22. The molecule has 2 saturated heterocycles. The Hall–Kier alpha value is -1.13.